The number of piperidine rings is 1. The number of hydrogen-bond acceptors (Lipinski definition) is 5. The predicted molar refractivity (Wildman–Crippen MR) is 115 cm³/mol. The highest BCUT2D eigenvalue weighted by atomic mass is 16.6. The summed E-state index contributed by atoms with van der Waals surface area (Å²) in [6, 6.07) is 14.5. The van der Waals surface area contributed by atoms with Gasteiger partial charge >= 0.3 is 5.97 Å². The summed E-state index contributed by atoms with van der Waals surface area (Å²) in [4.78, 5) is 32.6. The van der Waals surface area contributed by atoms with E-state index in [9.17, 15) is 9.59 Å². The molecule has 3 atom stereocenters. The van der Waals surface area contributed by atoms with Crippen LogP contribution in [0.5, 0.6) is 0 Å². The molecule has 1 aliphatic rings. The second-order valence-corrected chi connectivity index (χ2v) is 7.70. The molecule has 3 rings (SSSR count). The molecule has 0 aliphatic carbocycles. The van der Waals surface area contributed by atoms with Gasteiger partial charge in [0.1, 0.15) is 13.2 Å². The van der Waals surface area contributed by atoms with E-state index in [2.05, 4.69) is 12.1 Å². The lowest BCUT2D eigenvalue weighted by Gasteiger charge is -2.44. The zero-order chi connectivity index (χ0) is 21.7. The zero-order valence-electron chi connectivity index (χ0n) is 17.9. The predicted octanol–water partition coefficient (Wildman–Crippen LogP) is 4.13. The fourth-order valence-electron chi connectivity index (χ4n) is 4.05. The van der Waals surface area contributed by atoms with Crippen molar-refractivity contribution < 1.29 is 19.2 Å². The first-order valence-corrected chi connectivity index (χ1v) is 10.1. The molecule has 0 saturated carbocycles. The molecule has 1 saturated heterocycles. The van der Waals surface area contributed by atoms with Crippen LogP contribution < -0.4 is 0 Å². The Labute approximate surface area is 177 Å². The van der Waals surface area contributed by atoms with Crippen LogP contribution in [-0.2, 0) is 14.4 Å². The van der Waals surface area contributed by atoms with Gasteiger partial charge in [0.25, 0.3) is 5.91 Å². The highest BCUT2D eigenvalue weighted by Crippen LogP contribution is 2.40. The van der Waals surface area contributed by atoms with Crippen LogP contribution in [0, 0.1) is 12.8 Å². The van der Waals surface area contributed by atoms with E-state index in [4.69, 9.17) is 9.57 Å². The number of oxime groups is 1. The van der Waals surface area contributed by atoms with E-state index in [1.54, 1.807) is 35.4 Å². The smallest absolute Gasteiger partial charge is 0.328 e. The number of likely N-dealkylation sites (tertiary alicyclic amines) is 1. The summed E-state index contributed by atoms with van der Waals surface area (Å²) in [5.74, 6) is -0.348. The van der Waals surface area contributed by atoms with Gasteiger partial charge in [0.15, 0.2) is 0 Å². The topological polar surface area (TPSA) is 68.2 Å². The van der Waals surface area contributed by atoms with Gasteiger partial charge in [-0.25, -0.2) is 4.79 Å². The van der Waals surface area contributed by atoms with Crippen molar-refractivity contribution in [2.75, 3.05) is 14.2 Å². The molecular formula is C24H28N2O4. The first-order valence-electron chi connectivity index (χ1n) is 10.1. The van der Waals surface area contributed by atoms with Gasteiger partial charge in [0, 0.05) is 5.56 Å². The molecule has 2 aromatic carbocycles. The Kier molecular flexibility index (Phi) is 6.87. The van der Waals surface area contributed by atoms with Gasteiger partial charge in [-0.05, 0) is 48.9 Å². The number of carbonyl (C=O) groups excluding carboxylic acids is 2. The summed E-state index contributed by atoms with van der Waals surface area (Å²) in [6.45, 7) is 4.16. The van der Waals surface area contributed by atoms with Crippen LogP contribution in [-0.4, -0.2) is 43.3 Å². The third-order valence-corrected chi connectivity index (χ3v) is 5.66. The number of nitrogens with zero attached hydrogens (tertiary/aromatic N) is 2. The van der Waals surface area contributed by atoms with Gasteiger partial charge in [-0.3, -0.25) is 4.79 Å². The van der Waals surface area contributed by atoms with Crippen molar-refractivity contribution in [2.45, 2.75) is 38.8 Å². The van der Waals surface area contributed by atoms with Crippen molar-refractivity contribution in [3.63, 3.8) is 0 Å². The molecule has 0 bridgehead atoms. The third kappa shape index (κ3) is 4.53. The van der Waals surface area contributed by atoms with Crippen LogP contribution >= 0.6 is 0 Å². The standard InChI is InChI=1S/C24H28N2O4/c1-16-5-10-19(11-6-16)22-17(2)7-14-21(24(28)29-3)26(22)23(27)20-12-8-18(9-13-20)15-25-30-4/h5-6,8-13,15,17,21-22H,7,14H2,1-4H3/t17-,21-,22-/m0/s1. The van der Waals surface area contributed by atoms with E-state index in [1.807, 2.05) is 31.2 Å². The first kappa shape index (κ1) is 21.6. The summed E-state index contributed by atoms with van der Waals surface area (Å²) in [7, 11) is 2.85. The molecule has 1 amide bonds. The minimum atomic E-state index is -0.611. The number of hydrogen-bond donors (Lipinski definition) is 0. The Balaban J connectivity index is 2.00. The van der Waals surface area contributed by atoms with E-state index in [1.165, 1.54) is 14.2 Å². The third-order valence-electron chi connectivity index (χ3n) is 5.66. The lowest BCUT2D eigenvalue weighted by molar-refractivity contribution is -0.149. The molecule has 30 heavy (non-hydrogen) atoms. The number of amides is 1. The van der Waals surface area contributed by atoms with E-state index in [0.717, 1.165) is 23.1 Å². The Bertz CT molecular complexity index is 906. The number of carbonyl (C=O) groups is 2. The van der Waals surface area contributed by atoms with E-state index in [-0.39, 0.29) is 23.8 Å². The molecule has 0 spiro atoms. The van der Waals surface area contributed by atoms with Gasteiger partial charge in [-0.2, -0.15) is 0 Å². The summed E-state index contributed by atoms with van der Waals surface area (Å²) >= 11 is 0. The molecule has 6 heteroatoms. The van der Waals surface area contributed by atoms with Crippen LogP contribution in [0.2, 0.25) is 0 Å². The molecule has 1 heterocycles. The molecule has 2 aromatic rings. The van der Waals surface area contributed by atoms with Crippen LogP contribution in [0.15, 0.2) is 53.7 Å². The monoisotopic (exact) mass is 408 g/mol. The number of aryl methyl sites for hydroxylation is 1. The van der Waals surface area contributed by atoms with E-state index in [0.29, 0.717) is 12.0 Å². The van der Waals surface area contributed by atoms with Crippen LogP contribution in [0.3, 0.4) is 0 Å². The van der Waals surface area contributed by atoms with Crippen molar-refractivity contribution in [3.8, 4) is 0 Å². The number of esters is 1. The highest BCUT2D eigenvalue weighted by molar-refractivity contribution is 5.98. The second kappa shape index (κ2) is 9.57. The average Bonchev–Trinajstić information content (AvgIpc) is 2.77. The van der Waals surface area contributed by atoms with Crippen LogP contribution in [0.25, 0.3) is 0 Å². The summed E-state index contributed by atoms with van der Waals surface area (Å²) in [5.41, 5.74) is 3.52. The Morgan fingerprint density at radius 3 is 2.30 bits per heavy atom. The van der Waals surface area contributed by atoms with E-state index < -0.39 is 6.04 Å². The molecule has 1 aliphatic heterocycles. The molecule has 0 aromatic heterocycles. The number of benzene rings is 2. The van der Waals surface area contributed by atoms with Gasteiger partial charge in [0.05, 0.1) is 19.4 Å². The van der Waals surface area contributed by atoms with Crippen molar-refractivity contribution in [2.24, 2.45) is 11.1 Å². The molecule has 158 valence electrons. The van der Waals surface area contributed by atoms with Crippen molar-refractivity contribution in [3.05, 3.63) is 70.8 Å². The molecular weight excluding hydrogens is 380 g/mol. The van der Waals surface area contributed by atoms with Gasteiger partial charge in [0.2, 0.25) is 0 Å². The maximum Gasteiger partial charge on any atom is 0.328 e. The maximum absolute atomic E-state index is 13.6. The fourth-order valence-corrected chi connectivity index (χ4v) is 4.05. The number of methoxy groups -OCH3 is 1. The van der Waals surface area contributed by atoms with Gasteiger partial charge < -0.3 is 14.5 Å². The minimum Gasteiger partial charge on any atom is -0.467 e. The highest BCUT2D eigenvalue weighted by Gasteiger charge is 2.43. The number of ether oxygens (including phenoxy) is 1. The lowest BCUT2D eigenvalue weighted by atomic mass is 9.82. The normalized spacial score (nSPS) is 21.5. The van der Waals surface area contributed by atoms with Crippen LogP contribution in [0.4, 0.5) is 0 Å². The van der Waals surface area contributed by atoms with E-state index >= 15 is 0 Å². The van der Waals surface area contributed by atoms with Gasteiger partial charge in [-0.15, -0.1) is 0 Å². The Hall–Kier alpha value is -3.15. The zero-order valence-corrected chi connectivity index (χ0v) is 17.9. The lowest BCUT2D eigenvalue weighted by Crippen LogP contribution is -2.52. The molecule has 6 nitrogen and oxygen atoms in total. The molecule has 1 fully saturated rings. The minimum absolute atomic E-state index is 0.183. The summed E-state index contributed by atoms with van der Waals surface area (Å²) in [6.07, 6.45) is 3.00. The fraction of sp³-hybridized carbons (Fsp3) is 0.375. The summed E-state index contributed by atoms with van der Waals surface area (Å²) in [5, 5.41) is 3.74. The van der Waals surface area contributed by atoms with Gasteiger partial charge in [-0.1, -0.05) is 54.0 Å². The SMILES string of the molecule is CON=Cc1ccc(C(=O)N2[C@H](c3ccc(C)cc3)[C@@H](C)CC[C@H]2C(=O)OC)cc1. The first-order chi connectivity index (χ1) is 14.5. The maximum atomic E-state index is 13.6. The Morgan fingerprint density at radius 2 is 1.70 bits per heavy atom. The second-order valence-electron chi connectivity index (χ2n) is 7.70. The summed E-state index contributed by atoms with van der Waals surface area (Å²) < 4.78 is 5.04. The van der Waals surface area contributed by atoms with Crippen LogP contribution in [0.1, 0.15) is 52.9 Å². The largest absolute Gasteiger partial charge is 0.467 e. The molecule has 0 radical (unpaired) electrons. The average molecular weight is 408 g/mol. The Morgan fingerprint density at radius 1 is 1.03 bits per heavy atom. The van der Waals surface area contributed by atoms with Crippen molar-refractivity contribution in [1.82, 2.24) is 4.90 Å². The molecule has 0 N–H and O–H groups in total. The number of rotatable bonds is 5. The quantitative estimate of drug-likeness (QED) is 0.424. The molecule has 0 unspecified atom stereocenters. The van der Waals surface area contributed by atoms with Crippen molar-refractivity contribution >= 4 is 18.1 Å². The van der Waals surface area contributed by atoms with Crippen molar-refractivity contribution in [1.29, 1.82) is 0 Å².